The van der Waals surface area contributed by atoms with E-state index in [1.165, 1.54) is 38.5 Å². The van der Waals surface area contributed by atoms with Gasteiger partial charge in [0.1, 0.15) is 0 Å². The molecule has 0 atom stereocenters. The van der Waals surface area contributed by atoms with E-state index in [1.54, 1.807) is 0 Å². The Morgan fingerprint density at radius 2 is 1.89 bits per heavy atom. The molecule has 2 aliphatic carbocycles. The largest absolute Gasteiger partial charge is 0.345 e. The number of nitrogens with one attached hydrogen (secondary N) is 1. The van der Waals surface area contributed by atoms with Crippen molar-refractivity contribution < 1.29 is 4.79 Å². The lowest BCUT2D eigenvalue weighted by Gasteiger charge is -2.38. The summed E-state index contributed by atoms with van der Waals surface area (Å²) in [5, 5.41) is 3.44. The van der Waals surface area contributed by atoms with Crippen molar-refractivity contribution in [2.75, 3.05) is 20.6 Å². The van der Waals surface area contributed by atoms with Crippen LogP contribution < -0.4 is 5.32 Å². The van der Waals surface area contributed by atoms with E-state index >= 15 is 0 Å². The van der Waals surface area contributed by atoms with Crippen LogP contribution in [0.25, 0.3) is 0 Å². The van der Waals surface area contributed by atoms with Gasteiger partial charge in [-0.25, -0.2) is 0 Å². The van der Waals surface area contributed by atoms with E-state index in [2.05, 4.69) is 5.32 Å². The molecule has 3 nitrogen and oxygen atoms in total. The van der Waals surface area contributed by atoms with Crippen molar-refractivity contribution in [2.45, 2.75) is 63.3 Å². The number of hydrogen-bond donors (Lipinski definition) is 1. The predicted octanol–water partition coefficient (Wildman–Crippen LogP) is 2.56. The fraction of sp³-hybridized carbons (Fsp3) is 0.933. The van der Waals surface area contributed by atoms with Gasteiger partial charge in [-0.15, -0.1) is 0 Å². The molecule has 1 N–H and O–H groups in total. The minimum Gasteiger partial charge on any atom is -0.345 e. The van der Waals surface area contributed by atoms with Gasteiger partial charge in [-0.3, -0.25) is 4.79 Å². The lowest BCUT2D eigenvalue weighted by molar-refractivity contribution is -0.132. The first kappa shape index (κ1) is 13.9. The Bertz CT molecular complexity index is 280. The zero-order chi connectivity index (χ0) is 13.0. The van der Waals surface area contributed by atoms with Gasteiger partial charge in [0.25, 0.3) is 0 Å². The van der Waals surface area contributed by atoms with Crippen LogP contribution in [0.15, 0.2) is 0 Å². The van der Waals surface area contributed by atoms with Gasteiger partial charge in [-0.1, -0.05) is 25.7 Å². The van der Waals surface area contributed by atoms with Gasteiger partial charge in [0, 0.05) is 25.6 Å². The SMILES string of the molecule is CNC1(CC(=O)N(C)CC2CCC2)CCCCC1. The van der Waals surface area contributed by atoms with E-state index in [0.29, 0.717) is 12.3 Å². The van der Waals surface area contributed by atoms with E-state index in [0.717, 1.165) is 25.3 Å². The normalized spacial score (nSPS) is 23.4. The fourth-order valence-electron chi connectivity index (χ4n) is 3.33. The maximum Gasteiger partial charge on any atom is 0.224 e. The molecular formula is C15H28N2O. The van der Waals surface area contributed by atoms with Crippen LogP contribution >= 0.6 is 0 Å². The Morgan fingerprint density at radius 1 is 1.22 bits per heavy atom. The highest BCUT2D eigenvalue weighted by atomic mass is 16.2. The maximum absolute atomic E-state index is 12.3. The highest BCUT2D eigenvalue weighted by Gasteiger charge is 2.34. The van der Waals surface area contributed by atoms with Crippen molar-refractivity contribution in [3.63, 3.8) is 0 Å². The summed E-state index contributed by atoms with van der Waals surface area (Å²) in [7, 11) is 4.00. The van der Waals surface area contributed by atoms with Crippen LogP contribution in [-0.4, -0.2) is 37.0 Å². The first-order chi connectivity index (χ1) is 8.65. The molecule has 0 saturated heterocycles. The summed E-state index contributed by atoms with van der Waals surface area (Å²) in [5.41, 5.74) is 0.0865. The second-order valence-electron chi connectivity index (χ2n) is 6.34. The molecule has 2 rings (SSSR count). The molecule has 2 aliphatic rings. The molecule has 2 saturated carbocycles. The van der Waals surface area contributed by atoms with E-state index in [9.17, 15) is 4.79 Å². The van der Waals surface area contributed by atoms with E-state index in [1.807, 2.05) is 19.0 Å². The number of carbonyl (C=O) groups is 1. The summed E-state index contributed by atoms with van der Waals surface area (Å²) in [5.74, 6) is 1.11. The molecular weight excluding hydrogens is 224 g/mol. The van der Waals surface area contributed by atoms with Crippen molar-refractivity contribution in [1.82, 2.24) is 10.2 Å². The molecule has 0 spiro atoms. The summed E-state index contributed by atoms with van der Waals surface area (Å²) in [6, 6.07) is 0. The predicted molar refractivity (Wildman–Crippen MR) is 74.5 cm³/mol. The number of rotatable bonds is 5. The molecule has 0 aromatic rings. The quantitative estimate of drug-likeness (QED) is 0.815. The van der Waals surface area contributed by atoms with Crippen LogP contribution in [0.2, 0.25) is 0 Å². The van der Waals surface area contributed by atoms with Crippen LogP contribution in [0.5, 0.6) is 0 Å². The smallest absolute Gasteiger partial charge is 0.224 e. The van der Waals surface area contributed by atoms with Gasteiger partial charge in [-0.05, 0) is 38.6 Å². The highest BCUT2D eigenvalue weighted by Crippen LogP contribution is 2.32. The minimum atomic E-state index is 0.0865. The molecule has 0 heterocycles. The average Bonchev–Trinajstić information content (AvgIpc) is 2.34. The third-order valence-corrected chi connectivity index (χ3v) is 5.01. The molecule has 18 heavy (non-hydrogen) atoms. The van der Waals surface area contributed by atoms with Crippen LogP contribution in [-0.2, 0) is 4.79 Å². The first-order valence-electron chi connectivity index (χ1n) is 7.58. The van der Waals surface area contributed by atoms with Crippen molar-refractivity contribution in [3.05, 3.63) is 0 Å². The number of nitrogens with zero attached hydrogens (tertiary/aromatic N) is 1. The van der Waals surface area contributed by atoms with Crippen molar-refractivity contribution in [1.29, 1.82) is 0 Å². The summed E-state index contributed by atoms with van der Waals surface area (Å²) in [6.45, 7) is 0.971. The van der Waals surface area contributed by atoms with Crippen LogP contribution in [0.3, 0.4) is 0 Å². The summed E-state index contributed by atoms with van der Waals surface area (Å²) >= 11 is 0. The second-order valence-corrected chi connectivity index (χ2v) is 6.34. The monoisotopic (exact) mass is 252 g/mol. The third kappa shape index (κ3) is 3.25. The molecule has 104 valence electrons. The van der Waals surface area contributed by atoms with Crippen molar-refractivity contribution >= 4 is 5.91 Å². The van der Waals surface area contributed by atoms with E-state index in [-0.39, 0.29) is 5.54 Å². The molecule has 0 aromatic heterocycles. The Hall–Kier alpha value is -0.570. The number of amides is 1. The van der Waals surface area contributed by atoms with Gasteiger partial charge < -0.3 is 10.2 Å². The Morgan fingerprint density at radius 3 is 2.39 bits per heavy atom. The fourth-order valence-corrected chi connectivity index (χ4v) is 3.33. The Labute approximate surface area is 111 Å². The second kappa shape index (κ2) is 6.05. The molecule has 0 aliphatic heterocycles. The van der Waals surface area contributed by atoms with E-state index in [4.69, 9.17) is 0 Å². The lowest BCUT2D eigenvalue weighted by Crippen LogP contribution is -2.49. The molecule has 3 heteroatoms. The Kier molecular flexibility index (Phi) is 4.66. The number of carbonyl (C=O) groups excluding carboxylic acids is 1. The van der Waals surface area contributed by atoms with Crippen LogP contribution in [0.1, 0.15) is 57.8 Å². The maximum atomic E-state index is 12.3. The molecule has 2 fully saturated rings. The van der Waals surface area contributed by atoms with Crippen LogP contribution in [0, 0.1) is 5.92 Å². The molecule has 0 unspecified atom stereocenters. The zero-order valence-corrected chi connectivity index (χ0v) is 12.0. The van der Waals surface area contributed by atoms with Crippen molar-refractivity contribution in [3.8, 4) is 0 Å². The zero-order valence-electron chi connectivity index (χ0n) is 12.0. The van der Waals surface area contributed by atoms with Crippen molar-refractivity contribution in [2.24, 2.45) is 5.92 Å². The van der Waals surface area contributed by atoms with Gasteiger partial charge in [0.05, 0.1) is 0 Å². The summed E-state index contributed by atoms with van der Waals surface area (Å²) in [6.07, 6.45) is 10.8. The minimum absolute atomic E-state index is 0.0865. The average molecular weight is 252 g/mol. The van der Waals surface area contributed by atoms with Gasteiger partial charge in [0.15, 0.2) is 0 Å². The van der Waals surface area contributed by atoms with Gasteiger partial charge in [0.2, 0.25) is 5.91 Å². The van der Waals surface area contributed by atoms with Crippen LogP contribution in [0.4, 0.5) is 0 Å². The molecule has 0 bridgehead atoms. The molecule has 1 amide bonds. The summed E-state index contributed by atoms with van der Waals surface area (Å²) in [4.78, 5) is 14.3. The molecule has 0 radical (unpaired) electrons. The third-order valence-electron chi connectivity index (χ3n) is 5.01. The molecule has 0 aromatic carbocycles. The number of hydrogen-bond acceptors (Lipinski definition) is 2. The summed E-state index contributed by atoms with van der Waals surface area (Å²) < 4.78 is 0. The Balaban J connectivity index is 1.83. The van der Waals surface area contributed by atoms with Gasteiger partial charge in [-0.2, -0.15) is 0 Å². The highest BCUT2D eigenvalue weighted by molar-refractivity contribution is 5.77. The standard InChI is InChI=1S/C15H28N2O/c1-16-15(9-4-3-5-10-15)11-14(18)17(2)12-13-7-6-8-13/h13,16H,3-12H2,1-2H3. The topological polar surface area (TPSA) is 32.3 Å². The first-order valence-corrected chi connectivity index (χ1v) is 7.58. The lowest BCUT2D eigenvalue weighted by atomic mass is 9.79. The van der Waals surface area contributed by atoms with Gasteiger partial charge >= 0.3 is 0 Å². The van der Waals surface area contributed by atoms with E-state index < -0.39 is 0 Å².